The molecule has 2 aliphatic heterocycles. The average molecular weight is 935 g/mol. The number of hydrogen-bond acceptors (Lipinski definition) is 10. The lowest BCUT2D eigenvalue weighted by Gasteiger charge is -2.20. The van der Waals surface area contributed by atoms with E-state index in [4.69, 9.17) is 27.8 Å². The standard InChI is InChI=1S/2C25H22FNO5S/c2*1-16-6-4-8-19(26)24(16)25(23-14-17-7-2-3-9-20(17)32-23)27-33(28,29)18-10-11-21-22(15-18)31-13-5-12-30-21/h2*2-4,6-11,14-15,25,27H,5,12-13H2,1H3/t2*25-/m10/s1. The molecular formula is C50H44F2N2O10S2. The van der Waals surface area contributed by atoms with Crippen molar-refractivity contribution in [1.29, 1.82) is 0 Å². The second-order valence-corrected chi connectivity index (χ2v) is 19.2. The second kappa shape index (κ2) is 18.6. The number of sulfonamides is 2. The van der Waals surface area contributed by atoms with E-state index in [9.17, 15) is 25.6 Å². The fraction of sp³-hybridized carbons (Fsp3) is 0.200. The number of fused-ring (bicyclic) bond motifs is 4. The van der Waals surface area contributed by atoms with Crippen molar-refractivity contribution in [2.75, 3.05) is 26.4 Å². The van der Waals surface area contributed by atoms with Crippen LogP contribution in [0.3, 0.4) is 0 Å². The first-order valence-electron chi connectivity index (χ1n) is 21.2. The number of aryl methyl sites for hydroxylation is 2. The van der Waals surface area contributed by atoms with Crippen LogP contribution in [0.4, 0.5) is 8.78 Å². The molecule has 0 radical (unpaired) electrons. The molecule has 8 aromatic rings. The summed E-state index contributed by atoms with van der Waals surface area (Å²) in [6.07, 6.45) is 1.41. The highest BCUT2D eigenvalue weighted by Crippen LogP contribution is 2.38. The predicted octanol–water partition coefficient (Wildman–Crippen LogP) is 10.2. The summed E-state index contributed by atoms with van der Waals surface area (Å²) in [6, 6.07) is 34.0. The molecule has 0 spiro atoms. The first-order valence-corrected chi connectivity index (χ1v) is 24.1. The molecule has 0 aliphatic carbocycles. The summed E-state index contributed by atoms with van der Waals surface area (Å²) in [6.45, 7) is 5.32. The van der Waals surface area contributed by atoms with Gasteiger partial charge in [0.1, 0.15) is 46.4 Å². The van der Waals surface area contributed by atoms with Gasteiger partial charge < -0.3 is 27.8 Å². The van der Waals surface area contributed by atoms with Crippen molar-refractivity contribution in [3.63, 3.8) is 0 Å². The quantitative estimate of drug-likeness (QED) is 0.135. The normalized spacial score (nSPS) is 14.7. The average Bonchev–Trinajstić information content (AvgIpc) is 3.76. The molecule has 4 heterocycles. The van der Waals surface area contributed by atoms with E-state index in [0.29, 0.717) is 96.1 Å². The van der Waals surface area contributed by atoms with Gasteiger partial charge in [-0.1, -0.05) is 60.7 Å². The van der Waals surface area contributed by atoms with Crippen LogP contribution in [-0.4, -0.2) is 43.3 Å². The largest absolute Gasteiger partial charge is 0.490 e. The number of hydrogen-bond donors (Lipinski definition) is 2. The molecule has 0 saturated carbocycles. The van der Waals surface area contributed by atoms with Crippen LogP contribution in [0.5, 0.6) is 23.0 Å². The molecular weight excluding hydrogens is 891 g/mol. The highest BCUT2D eigenvalue weighted by Gasteiger charge is 2.32. The Hall–Kier alpha value is -6.72. The Labute approximate surface area is 380 Å². The van der Waals surface area contributed by atoms with Gasteiger partial charge in [-0.15, -0.1) is 0 Å². The zero-order valence-corrected chi connectivity index (χ0v) is 37.4. The van der Waals surface area contributed by atoms with Gasteiger partial charge in [-0.2, -0.15) is 9.44 Å². The van der Waals surface area contributed by atoms with E-state index in [0.717, 1.165) is 10.8 Å². The van der Waals surface area contributed by atoms with Gasteiger partial charge in [0.2, 0.25) is 20.0 Å². The van der Waals surface area contributed by atoms with E-state index in [1.165, 1.54) is 36.4 Å². The second-order valence-electron chi connectivity index (χ2n) is 15.7. The molecule has 12 nitrogen and oxygen atoms in total. The molecule has 66 heavy (non-hydrogen) atoms. The van der Waals surface area contributed by atoms with Gasteiger partial charge in [-0.05, 0) is 85.6 Å². The SMILES string of the molecule is Cc1cccc(F)c1[C@@H](NS(=O)(=O)c1ccc2c(c1)OCCCO2)c1cc2ccccc2o1.Cc1cccc(F)c1[C@H](NS(=O)(=O)c1ccc2c(c1)OCCCO2)c1cc2ccccc2o1. The van der Waals surface area contributed by atoms with Gasteiger partial charge in [0.15, 0.2) is 23.0 Å². The van der Waals surface area contributed by atoms with E-state index in [2.05, 4.69) is 9.44 Å². The van der Waals surface area contributed by atoms with Crippen LogP contribution < -0.4 is 28.4 Å². The van der Waals surface area contributed by atoms with Crippen molar-refractivity contribution >= 4 is 42.0 Å². The zero-order valence-electron chi connectivity index (χ0n) is 35.8. The van der Waals surface area contributed by atoms with Crippen LogP contribution in [0.1, 0.15) is 58.7 Å². The van der Waals surface area contributed by atoms with Crippen molar-refractivity contribution in [2.45, 2.75) is 48.6 Å². The lowest BCUT2D eigenvalue weighted by atomic mass is 9.99. The Morgan fingerprint density at radius 3 is 1.26 bits per heavy atom. The number of rotatable bonds is 10. The smallest absolute Gasteiger partial charge is 0.241 e. The first kappa shape index (κ1) is 44.5. The van der Waals surface area contributed by atoms with Gasteiger partial charge in [-0.3, -0.25) is 0 Å². The predicted molar refractivity (Wildman–Crippen MR) is 243 cm³/mol. The fourth-order valence-electron chi connectivity index (χ4n) is 7.90. The van der Waals surface area contributed by atoms with Gasteiger partial charge in [0, 0.05) is 46.9 Å². The third-order valence-electron chi connectivity index (χ3n) is 11.2. The van der Waals surface area contributed by atoms with E-state index < -0.39 is 43.8 Å². The van der Waals surface area contributed by atoms with Crippen LogP contribution >= 0.6 is 0 Å². The van der Waals surface area contributed by atoms with E-state index in [1.54, 1.807) is 74.5 Å². The zero-order chi connectivity index (χ0) is 46.0. The molecule has 2 atom stereocenters. The molecule has 0 amide bonds. The van der Waals surface area contributed by atoms with E-state index in [1.807, 2.05) is 36.4 Å². The highest BCUT2D eigenvalue weighted by molar-refractivity contribution is 7.89. The number of nitrogens with one attached hydrogen (secondary N) is 2. The van der Waals surface area contributed by atoms with Gasteiger partial charge in [0.05, 0.1) is 36.2 Å². The van der Waals surface area contributed by atoms with Crippen molar-refractivity contribution in [1.82, 2.24) is 9.44 Å². The lowest BCUT2D eigenvalue weighted by Crippen LogP contribution is -2.30. The molecule has 2 N–H and O–H groups in total. The highest BCUT2D eigenvalue weighted by atomic mass is 32.2. The summed E-state index contributed by atoms with van der Waals surface area (Å²) in [4.78, 5) is -0.0243. The van der Waals surface area contributed by atoms with Crippen LogP contribution in [0.15, 0.2) is 152 Å². The molecule has 16 heteroatoms. The third-order valence-corrected chi connectivity index (χ3v) is 14.0. The van der Waals surface area contributed by atoms with Crippen LogP contribution in [-0.2, 0) is 20.0 Å². The van der Waals surface area contributed by atoms with Crippen molar-refractivity contribution in [2.24, 2.45) is 0 Å². The third kappa shape index (κ3) is 9.35. The maximum atomic E-state index is 15.0. The summed E-state index contributed by atoms with van der Waals surface area (Å²) < 4.78 is 123. The maximum Gasteiger partial charge on any atom is 0.241 e. The van der Waals surface area contributed by atoms with Gasteiger partial charge in [-0.25, -0.2) is 25.6 Å². The Balaban J connectivity index is 0.000000166. The maximum absolute atomic E-state index is 15.0. The Morgan fingerprint density at radius 1 is 0.470 bits per heavy atom. The number of para-hydroxylation sites is 2. The molecule has 2 aliphatic rings. The monoisotopic (exact) mass is 934 g/mol. The fourth-order valence-corrected chi connectivity index (χ4v) is 10.3. The van der Waals surface area contributed by atoms with Crippen molar-refractivity contribution in [3.8, 4) is 23.0 Å². The molecule has 6 aromatic carbocycles. The van der Waals surface area contributed by atoms with Crippen molar-refractivity contribution in [3.05, 3.63) is 179 Å². The van der Waals surface area contributed by atoms with E-state index in [-0.39, 0.29) is 20.9 Å². The Kier molecular flexibility index (Phi) is 12.6. The molecule has 0 saturated heterocycles. The molecule has 10 rings (SSSR count). The Bertz CT molecular complexity index is 2970. The topological polar surface area (TPSA) is 156 Å². The van der Waals surface area contributed by atoms with Crippen LogP contribution in [0, 0.1) is 25.5 Å². The molecule has 2 aromatic heterocycles. The number of benzene rings is 6. The molecule has 0 fully saturated rings. The summed E-state index contributed by atoms with van der Waals surface area (Å²) in [5, 5.41) is 1.59. The minimum absolute atomic E-state index is 0.0122. The Morgan fingerprint density at radius 2 is 0.864 bits per heavy atom. The molecule has 340 valence electrons. The number of ether oxygens (including phenoxy) is 4. The van der Waals surface area contributed by atoms with Crippen LogP contribution in [0.25, 0.3) is 21.9 Å². The van der Waals surface area contributed by atoms with Gasteiger partial charge >= 0.3 is 0 Å². The molecule has 0 bridgehead atoms. The van der Waals surface area contributed by atoms with Crippen LogP contribution in [0.2, 0.25) is 0 Å². The summed E-state index contributed by atoms with van der Waals surface area (Å²) in [5.41, 5.74) is 2.77. The summed E-state index contributed by atoms with van der Waals surface area (Å²) in [7, 11) is -8.17. The number of furan rings is 2. The first-order chi connectivity index (χ1) is 31.8. The summed E-state index contributed by atoms with van der Waals surface area (Å²) >= 11 is 0. The molecule has 0 unspecified atom stereocenters. The minimum Gasteiger partial charge on any atom is -0.490 e. The lowest BCUT2D eigenvalue weighted by molar-refractivity contribution is 0.296. The van der Waals surface area contributed by atoms with Crippen molar-refractivity contribution < 1.29 is 53.4 Å². The van der Waals surface area contributed by atoms with Gasteiger partial charge in [0.25, 0.3) is 0 Å². The number of halogens is 2. The minimum atomic E-state index is -4.08. The van der Waals surface area contributed by atoms with E-state index >= 15 is 0 Å². The summed E-state index contributed by atoms with van der Waals surface area (Å²) in [5.74, 6) is 1.24.